The molecule has 2 N–H and O–H groups in total. The second kappa shape index (κ2) is 6.21. The van der Waals surface area contributed by atoms with Gasteiger partial charge in [0.05, 0.1) is 0 Å². The number of anilines is 1. The smallest absolute Gasteiger partial charge is 0.338 e. The zero-order valence-electron chi connectivity index (χ0n) is 10.4. The lowest BCUT2D eigenvalue weighted by Crippen LogP contribution is -2.33. The minimum Gasteiger partial charge on any atom is -0.338 e. The number of rotatable bonds is 3. The molecule has 0 radical (unpaired) electrons. The Kier molecular flexibility index (Phi) is 4.58. The first-order valence-corrected chi connectivity index (χ1v) is 6.87. The Morgan fingerprint density at radius 2 is 2.20 bits per heavy atom. The molecule has 0 spiro atoms. The minimum atomic E-state index is -4.54. The van der Waals surface area contributed by atoms with Crippen molar-refractivity contribution in [1.29, 1.82) is 0 Å². The molecule has 1 heterocycles. The SMILES string of the molecule is O=C(NCC1CC=CCC1)Nc1nnc(C(F)(F)F)s1. The van der Waals surface area contributed by atoms with Crippen LogP contribution < -0.4 is 10.6 Å². The molecule has 20 heavy (non-hydrogen) atoms. The number of aromatic nitrogens is 2. The van der Waals surface area contributed by atoms with E-state index in [0.29, 0.717) is 23.8 Å². The molecule has 0 fully saturated rings. The third kappa shape index (κ3) is 4.19. The largest absolute Gasteiger partial charge is 0.445 e. The number of carbonyl (C=O) groups excluding carboxylic acids is 1. The van der Waals surface area contributed by atoms with Crippen molar-refractivity contribution in [2.24, 2.45) is 5.92 Å². The molecule has 1 atom stereocenters. The number of urea groups is 1. The number of alkyl halides is 3. The van der Waals surface area contributed by atoms with Gasteiger partial charge >= 0.3 is 12.2 Å². The maximum absolute atomic E-state index is 12.3. The van der Waals surface area contributed by atoms with Gasteiger partial charge in [-0.2, -0.15) is 13.2 Å². The summed E-state index contributed by atoms with van der Waals surface area (Å²) in [5, 5.41) is 9.89. The van der Waals surface area contributed by atoms with Crippen molar-refractivity contribution in [2.75, 3.05) is 11.9 Å². The number of hydrogen-bond donors (Lipinski definition) is 2. The predicted molar refractivity (Wildman–Crippen MR) is 68.4 cm³/mol. The van der Waals surface area contributed by atoms with Crippen LogP contribution in [0.3, 0.4) is 0 Å². The predicted octanol–water partition coefficient (Wildman–Crippen LogP) is 3.03. The van der Waals surface area contributed by atoms with Gasteiger partial charge < -0.3 is 5.32 Å². The Bertz CT molecular complexity index is 500. The molecule has 2 rings (SSSR count). The van der Waals surface area contributed by atoms with Crippen molar-refractivity contribution in [2.45, 2.75) is 25.4 Å². The topological polar surface area (TPSA) is 66.9 Å². The Balaban J connectivity index is 1.79. The lowest BCUT2D eigenvalue weighted by Gasteiger charge is -2.17. The van der Waals surface area contributed by atoms with Gasteiger partial charge in [0.25, 0.3) is 0 Å². The van der Waals surface area contributed by atoms with Gasteiger partial charge in [0.15, 0.2) is 0 Å². The van der Waals surface area contributed by atoms with E-state index in [0.717, 1.165) is 19.3 Å². The number of amides is 2. The normalized spacial score (nSPS) is 18.9. The summed E-state index contributed by atoms with van der Waals surface area (Å²) >= 11 is 0.299. The summed E-state index contributed by atoms with van der Waals surface area (Å²) in [7, 11) is 0. The van der Waals surface area contributed by atoms with Crippen molar-refractivity contribution < 1.29 is 18.0 Å². The van der Waals surface area contributed by atoms with E-state index < -0.39 is 17.2 Å². The molecule has 1 aromatic rings. The van der Waals surface area contributed by atoms with Gasteiger partial charge in [-0.3, -0.25) is 5.32 Å². The summed E-state index contributed by atoms with van der Waals surface area (Å²) in [5.74, 6) is 0.367. The first-order valence-electron chi connectivity index (χ1n) is 6.05. The molecule has 0 aromatic carbocycles. The van der Waals surface area contributed by atoms with Crippen molar-refractivity contribution in [1.82, 2.24) is 15.5 Å². The van der Waals surface area contributed by atoms with E-state index in [9.17, 15) is 18.0 Å². The Hall–Kier alpha value is -1.64. The second-order valence-electron chi connectivity index (χ2n) is 4.40. The van der Waals surface area contributed by atoms with E-state index in [2.05, 4.69) is 33.0 Å². The van der Waals surface area contributed by atoms with Crippen LogP contribution in [0.2, 0.25) is 0 Å². The molecule has 1 aliphatic rings. The molecule has 5 nitrogen and oxygen atoms in total. The standard InChI is InChI=1S/C11H13F3N4OS/c12-11(13,14)8-17-18-10(20-8)16-9(19)15-6-7-4-2-1-3-5-7/h1-2,7H,3-6H2,(H2,15,16,18,19). The molecule has 0 saturated heterocycles. The number of allylic oxidation sites excluding steroid dienone is 2. The summed E-state index contributed by atoms with van der Waals surface area (Å²) in [6, 6.07) is -0.565. The number of carbonyl (C=O) groups is 1. The fraction of sp³-hybridized carbons (Fsp3) is 0.545. The van der Waals surface area contributed by atoms with Crippen LogP contribution in [0.15, 0.2) is 12.2 Å². The highest BCUT2D eigenvalue weighted by Gasteiger charge is 2.35. The summed E-state index contributed by atoms with van der Waals surface area (Å²) in [4.78, 5) is 11.5. The van der Waals surface area contributed by atoms with Crippen LogP contribution in [0.4, 0.5) is 23.1 Å². The average Bonchev–Trinajstić information content (AvgIpc) is 2.86. The van der Waals surface area contributed by atoms with Crippen LogP contribution in [0.25, 0.3) is 0 Å². The molecule has 110 valence electrons. The third-order valence-corrected chi connectivity index (χ3v) is 3.70. The maximum Gasteiger partial charge on any atom is 0.445 e. The van der Waals surface area contributed by atoms with Crippen LogP contribution in [0.5, 0.6) is 0 Å². The quantitative estimate of drug-likeness (QED) is 0.844. The summed E-state index contributed by atoms with van der Waals surface area (Å²) in [6.07, 6.45) is 2.50. The van der Waals surface area contributed by atoms with Gasteiger partial charge in [0.2, 0.25) is 10.1 Å². The van der Waals surface area contributed by atoms with Gasteiger partial charge in [0.1, 0.15) is 0 Å². The van der Waals surface area contributed by atoms with Crippen molar-refractivity contribution in [3.63, 3.8) is 0 Å². The molecule has 0 saturated carbocycles. The fourth-order valence-corrected chi connectivity index (χ4v) is 2.41. The zero-order valence-corrected chi connectivity index (χ0v) is 11.2. The maximum atomic E-state index is 12.3. The van der Waals surface area contributed by atoms with Crippen LogP contribution in [-0.4, -0.2) is 22.8 Å². The lowest BCUT2D eigenvalue weighted by atomic mass is 9.94. The minimum absolute atomic E-state index is 0.168. The van der Waals surface area contributed by atoms with E-state index >= 15 is 0 Å². The van der Waals surface area contributed by atoms with E-state index in [1.54, 1.807) is 0 Å². The van der Waals surface area contributed by atoms with E-state index in [1.807, 2.05) is 0 Å². The Morgan fingerprint density at radius 1 is 1.40 bits per heavy atom. The molecule has 1 unspecified atom stereocenters. The van der Waals surface area contributed by atoms with Gasteiger partial charge in [-0.05, 0) is 25.2 Å². The highest BCUT2D eigenvalue weighted by molar-refractivity contribution is 7.15. The van der Waals surface area contributed by atoms with Crippen LogP contribution in [-0.2, 0) is 6.18 Å². The van der Waals surface area contributed by atoms with Crippen molar-refractivity contribution >= 4 is 22.5 Å². The van der Waals surface area contributed by atoms with Gasteiger partial charge in [-0.1, -0.05) is 23.5 Å². The molecule has 9 heteroatoms. The molecule has 0 aliphatic heterocycles. The van der Waals surface area contributed by atoms with E-state index in [1.165, 1.54) is 0 Å². The molecule has 2 amide bonds. The first kappa shape index (κ1) is 14.8. The average molecular weight is 306 g/mol. The van der Waals surface area contributed by atoms with Crippen LogP contribution in [0.1, 0.15) is 24.3 Å². The van der Waals surface area contributed by atoms with Crippen molar-refractivity contribution in [3.8, 4) is 0 Å². The molecular formula is C11H13F3N4OS. The summed E-state index contributed by atoms with van der Waals surface area (Å²) in [5.41, 5.74) is 0. The van der Waals surface area contributed by atoms with Crippen molar-refractivity contribution in [3.05, 3.63) is 17.2 Å². The Labute approximate surface area is 117 Å². The summed E-state index contributed by atoms with van der Waals surface area (Å²) in [6.45, 7) is 0.487. The molecule has 1 aliphatic carbocycles. The molecule has 1 aromatic heterocycles. The number of hydrogen-bond acceptors (Lipinski definition) is 4. The van der Waals surface area contributed by atoms with Crippen LogP contribution in [0, 0.1) is 5.92 Å². The second-order valence-corrected chi connectivity index (χ2v) is 5.37. The lowest BCUT2D eigenvalue weighted by molar-refractivity contribution is -0.138. The number of nitrogens with zero attached hydrogens (tertiary/aromatic N) is 2. The van der Waals surface area contributed by atoms with Gasteiger partial charge in [0, 0.05) is 6.54 Å². The monoisotopic (exact) mass is 306 g/mol. The van der Waals surface area contributed by atoms with Gasteiger partial charge in [-0.25, -0.2) is 4.79 Å². The number of halogens is 3. The van der Waals surface area contributed by atoms with E-state index in [-0.39, 0.29) is 5.13 Å². The van der Waals surface area contributed by atoms with Gasteiger partial charge in [-0.15, -0.1) is 10.2 Å². The zero-order chi connectivity index (χ0) is 14.6. The third-order valence-electron chi connectivity index (χ3n) is 2.82. The highest BCUT2D eigenvalue weighted by atomic mass is 32.1. The first-order chi connectivity index (χ1) is 9.45. The highest BCUT2D eigenvalue weighted by Crippen LogP contribution is 2.32. The van der Waals surface area contributed by atoms with Crippen LogP contribution >= 0.6 is 11.3 Å². The summed E-state index contributed by atoms with van der Waals surface area (Å²) < 4.78 is 36.9. The number of nitrogens with one attached hydrogen (secondary N) is 2. The van der Waals surface area contributed by atoms with E-state index in [4.69, 9.17) is 0 Å². The molecule has 0 bridgehead atoms. The Morgan fingerprint density at radius 3 is 2.80 bits per heavy atom. The fourth-order valence-electron chi connectivity index (χ4n) is 1.81. The molecular weight excluding hydrogens is 293 g/mol.